The predicted octanol–water partition coefficient (Wildman–Crippen LogP) is 3.33. The highest BCUT2D eigenvalue weighted by Gasteiger charge is 2.19. The van der Waals surface area contributed by atoms with Gasteiger partial charge in [0.05, 0.1) is 17.5 Å². The number of piperidine rings is 1. The first-order chi connectivity index (χ1) is 10.6. The van der Waals surface area contributed by atoms with Crippen LogP contribution in [0.3, 0.4) is 0 Å². The Labute approximate surface area is 132 Å². The highest BCUT2D eigenvalue weighted by molar-refractivity contribution is 6.01. The lowest BCUT2D eigenvalue weighted by molar-refractivity contribution is -0.112. The molecule has 2 N–H and O–H groups in total. The molecule has 0 spiro atoms. The van der Waals surface area contributed by atoms with Crippen molar-refractivity contribution in [1.82, 2.24) is 0 Å². The Bertz CT molecular complexity index is 526. The Morgan fingerprint density at radius 3 is 2.55 bits per heavy atom. The smallest absolute Gasteiger partial charge is 0.248 e. The number of rotatable bonds is 5. The summed E-state index contributed by atoms with van der Waals surface area (Å²) in [5.74, 6) is -0.0665. The van der Waals surface area contributed by atoms with Crippen molar-refractivity contribution in [2.24, 2.45) is 0 Å². The molecule has 0 atom stereocenters. The quantitative estimate of drug-likeness (QED) is 0.820. The molecule has 0 radical (unpaired) electrons. The molecule has 1 aliphatic heterocycles. The number of carbonyl (C=O) groups is 1. The summed E-state index contributed by atoms with van der Waals surface area (Å²) in [4.78, 5) is 14.4. The molecule has 0 aliphatic carbocycles. The van der Waals surface area contributed by atoms with Gasteiger partial charge in [0.1, 0.15) is 0 Å². The van der Waals surface area contributed by atoms with E-state index in [0.717, 1.165) is 55.7 Å². The zero-order valence-corrected chi connectivity index (χ0v) is 13.5. The Kier molecular flexibility index (Phi) is 6.01. The lowest BCUT2D eigenvalue weighted by atomic mass is 10.1. The number of nitrogens with one attached hydrogen (secondary N) is 1. The third-order valence-electron chi connectivity index (χ3n) is 4.21. The lowest BCUT2D eigenvalue weighted by Crippen LogP contribution is -2.36. The number of aliphatic hydroxyl groups is 1. The van der Waals surface area contributed by atoms with E-state index in [0.29, 0.717) is 0 Å². The van der Waals surface area contributed by atoms with Gasteiger partial charge in [-0.15, -0.1) is 0 Å². The average molecular weight is 302 g/mol. The highest BCUT2D eigenvalue weighted by atomic mass is 16.3. The van der Waals surface area contributed by atoms with E-state index in [9.17, 15) is 9.90 Å². The van der Waals surface area contributed by atoms with Gasteiger partial charge in [-0.05, 0) is 37.8 Å². The van der Waals surface area contributed by atoms with E-state index in [1.54, 1.807) is 6.08 Å². The fraction of sp³-hybridized carbons (Fsp3) is 0.500. The van der Waals surface area contributed by atoms with Crippen LogP contribution < -0.4 is 10.2 Å². The van der Waals surface area contributed by atoms with Gasteiger partial charge in [-0.2, -0.15) is 0 Å². The van der Waals surface area contributed by atoms with Crippen LogP contribution in [0.4, 0.5) is 11.4 Å². The summed E-state index contributed by atoms with van der Waals surface area (Å²) in [6.45, 7) is 5.77. The summed E-state index contributed by atoms with van der Waals surface area (Å²) in [6.07, 6.45) is 4.86. The molecule has 0 unspecified atom stereocenters. The van der Waals surface area contributed by atoms with Gasteiger partial charge in [0.25, 0.3) is 0 Å². The molecule has 1 saturated heterocycles. The first-order valence-corrected chi connectivity index (χ1v) is 8.16. The van der Waals surface area contributed by atoms with Crippen LogP contribution in [0.25, 0.3) is 0 Å². The minimum atomic E-state index is -0.197. The van der Waals surface area contributed by atoms with E-state index in [1.807, 2.05) is 24.3 Å². The van der Waals surface area contributed by atoms with Gasteiger partial charge in [-0.1, -0.05) is 31.6 Å². The molecule has 22 heavy (non-hydrogen) atoms. The van der Waals surface area contributed by atoms with Gasteiger partial charge >= 0.3 is 0 Å². The van der Waals surface area contributed by atoms with E-state index < -0.39 is 0 Å². The van der Waals surface area contributed by atoms with E-state index in [1.165, 1.54) is 0 Å². The van der Waals surface area contributed by atoms with Gasteiger partial charge < -0.3 is 15.3 Å². The fourth-order valence-corrected chi connectivity index (χ4v) is 2.77. The number of benzene rings is 1. The molecule has 1 amide bonds. The summed E-state index contributed by atoms with van der Waals surface area (Å²) >= 11 is 0. The molecule has 2 rings (SSSR count). The second-order valence-corrected chi connectivity index (χ2v) is 5.73. The molecule has 0 saturated carbocycles. The third-order valence-corrected chi connectivity index (χ3v) is 4.21. The van der Waals surface area contributed by atoms with Crippen LogP contribution in [-0.4, -0.2) is 30.2 Å². The van der Waals surface area contributed by atoms with Crippen LogP contribution in [-0.2, 0) is 4.79 Å². The summed E-state index contributed by atoms with van der Waals surface area (Å²) in [5.41, 5.74) is 3.02. The number of para-hydroxylation sites is 2. The molecule has 1 fully saturated rings. The maximum atomic E-state index is 12.2. The van der Waals surface area contributed by atoms with Crippen molar-refractivity contribution < 1.29 is 9.90 Å². The SMILES string of the molecule is CCC(=CC(=O)Nc1ccccc1N1CCC(O)CC1)CC. The topological polar surface area (TPSA) is 52.6 Å². The van der Waals surface area contributed by atoms with Gasteiger partial charge in [0.2, 0.25) is 5.91 Å². The summed E-state index contributed by atoms with van der Waals surface area (Å²) < 4.78 is 0. The first-order valence-electron chi connectivity index (χ1n) is 8.16. The number of aliphatic hydroxyl groups excluding tert-OH is 1. The van der Waals surface area contributed by atoms with Crippen molar-refractivity contribution >= 4 is 17.3 Å². The molecule has 1 aromatic carbocycles. The van der Waals surface area contributed by atoms with E-state index >= 15 is 0 Å². The highest BCUT2D eigenvalue weighted by Crippen LogP contribution is 2.28. The maximum Gasteiger partial charge on any atom is 0.248 e. The summed E-state index contributed by atoms with van der Waals surface area (Å²) in [7, 11) is 0. The van der Waals surface area contributed by atoms with Gasteiger partial charge in [-0.25, -0.2) is 0 Å². The van der Waals surface area contributed by atoms with Crippen molar-refractivity contribution in [3.05, 3.63) is 35.9 Å². The molecule has 0 bridgehead atoms. The molecule has 1 heterocycles. The zero-order valence-electron chi connectivity index (χ0n) is 13.5. The van der Waals surface area contributed by atoms with Crippen molar-refractivity contribution in [1.29, 1.82) is 0 Å². The second kappa shape index (κ2) is 7.99. The maximum absolute atomic E-state index is 12.2. The first kappa shape index (κ1) is 16.6. The van der Waals surface area contributed by atoms with Crippen molar-refractivity contribution in [3.8, 4) is 0 Å². The monoisotopic (exact) mass is 302 g/mol. The molecular weight excluding hydrogens is 276 g/mol. The molecule has 1 aliphatic rings. The van der Waals surface area contributed by atoms with Crippen molar-refractivity contribution in [2.45, 2.75) is 45.6 Å². The number of hydrogen-bond acceptors (Lipinski definition) is 3. The average Bonchev–Trinajstić information content (AvgIpc) is 2.54. The Morgan fingerprint density at radius 2 is 1.91 bits per heavy atom. The third kappa shape index (κ3) is 4.34. The lowest BCUT2D eigenvalue weighted by Gasteiger charge is -2.32. The van der Waals surface area contributed by atoms with Crippen molar-refractivity contribution in [2.75, 3.05) is 23.3 Å². The molecule has 4 heteroatoms. The van der Waals surface area contributed by atoms with Crippen LogP contribution in [0.15, 0.2) is 35.9 Å². The van der Waals surface area contributed by atoms with Crippen LogP contribution in [0.2, 0.25) is 0 Å². The van der Waals surface area contributed by atoms with Crippen molar-refractivity contribution in [3.63, 3.8) is 0 Å². The minimum absolute atomic E-state index is 0.0665. The largest absolute Gasteiger partial charge is 0.393 e. The number of carbonyl (C=O) groups excluding carboxylic acids is 1. The number of amides is 1. The molecular formula is C18H26N2O2. The second-order valence-electron chi connectivity index (χ2n) is 5.73. The van der Waals surface area contributed by atoms with Gasteiger partial charge in [0, 0.05) is 19.2 Å². The predicted molar refractivity (Wildman–Crippen MR) is 91.2 cm³/mol. The number of hydrogen-bond donors (Lipinski definition) is 2. The number of nitrogens with zero attached hydrogens (tertiary/aromatic N) is 1. The molecule has 0 aromatic heterocycles. The van der Waals surface area contributed by atoms with Crippen LogP contribution in [0, 0.1) is 0 Å². The molecule has 1 aromatic rings. The zero-order chi connectivity index (χ0) is 15.9. The van der Waals surface area contributed by atoms with Gasteiger partial charge in [0.15, 0.2) is 0 Å². The van der Waals surface area contributed by atoms with Crippen LogP contribution in [0.5, 0.6) is 0 Å². The minimum Gasteiger partial charge on any atom is -0.393 e. The Morgan fingerprint density at radius 1 is 1.27 bits per heavy atom. The van der Waals surface area contributed by atoms with E-state index in [4.69, 9.17) is 0 Å². The molecule has 4 nitrogen and oxygen atoms in total. The Balaban J connectivity index is 2.11. The fourth-order valence-electron chi connectivity index (χ4n) is 2.77. The number of anilines is 2. The van der Waals surface area contributed by atoms with E-state index in [2.05, 4.69) is 24.1 Å². The Hall–Kier alpha value is -1.81. The molecule has 120 valence electrons. The van der Waals surface area contributed by atoms with E-state index in [-0.39, 0.29) is 12.0 Å². The standard InChI is InChI=1S/C18H26N2O2/c1-3-14(4-2)13-18(22)19-16-7-5-6-8-17(16)20-11-9-15(21)10-12-20/h5-8,13,15,21H,3-4,9-12H2,1-2H3,(H,19,22). The van der Waals surface area contributed by atoms with Gasteiger partial charge in [-0.3, -0.25) is 4.79 Å². The summed E-state index contributed by atoms with van der Waals surface area (Å²) in [6, 6.07) is 7.87. The number of allylic oxidation sites excluding steroid dienone is 1. The van der Waals surface area contributed by atoms with Crippen LogP contribution >= 0.6 is 0 Å². The van der Waals surface area contributed by atoms with Crippen LogP contribution in [0.1, 0.15) is 39.5 Å². The summed E-state index contributed by atoms with van der Waals surface area (Å²) in [5, 5.41) is 12.6. The normalized spacial score (nSPS) is 15.5.